The Kier molecular flexibility index (Phi) is 6.02. The van der Waals surface area contributed by atoms with Crippen molar-refractivity contribution < 1.29 is 22.7 Å². The first-order chi connectivity index (χ1) is 13.2. The van der Waals surface area contributed by atoms with Crippen LogP contribution in [-0.4, -0.2) is 60.6 Å². The molecule has 152 valence electrons. The predicted octanol–water partition coefficient (Wildman–Crippen LogP) is 2.38. The van der Waals surface area contributed by atoms with Gasteiger partial charge in [0, 0.05) is 32.7 Å². The predicted molar refractivity (Wildman–Crippen MR) is 106 cm³/mol. The van der Waals surface area contributed by atoms with E-state index in [9.17, 15) is 22.7 Å². The molecule has 6 nitrogen and oxygen atoms in total. The van der Waals surface area contributed by atoms with Crippen LogP contribution >= 0.6 is 0 Å². The van der Waals surface area contributed by atoms with Crippen LogP contribution in [0.15, 0.2) is 24.3 Å². The van der Waals surface area contributed by atoms with Gasteiger partial charge in [0.2, 0.25) is 10.0 Å². The summed E-state index contributed by atoms with van der Waals surface area (Å²) in [7, 11) is -3.19. The molecule has 0 aromatic heterocycles. The smallest absolute Gasteiger partial charge is 0.307 e. The maximum absolute atomic E-state index is 13.9. The summed E-state index contributed by atoms with van der Waals surface area (Å²) in [6.45, 7) is 6.05. The molecule has 0 saturated carbocycles. The Morgan fingerprint density at radius 2 is 1.86 bits per heavy atom. The van der Waals surface area contributed by atoms with E-state index in [0.717, 1.165) is 21.9 Å². The molecule has 0 radical (unpaired) electrons. The molecule has 0 atom stereocenters. The summed E-state index contributed by atoms with van der Waals surface area (Å²) in [5.74, 6) is -1.15. The van der Waals surface area contributed by atoms with Gasteiger partial charge in [-0.15, -0.1) is 0 Å². The molecule has 3 rings (SSSR count). The lowest BCUT2D eigenvalue weighted by atomic mass is 9.93. The highest BCUT2D eigenvalue weighted by molar-refractivity contribution is 7.89. The number of halogens is 1. The maximum atomic E-state index is 13.9. The van der Waals surface area contributed by atoms with Gasteiger partial charge in [-0.1, -0.05) is 12.1 Å². The number of piperazine rings is 1. The third-order valence-corrected chi connectivity index (χ3v) is 7.30. The second-order valence-electron chi connectivity index (χ2n) is 7.15. The first-order valence-corrected chi connectivity index (χ1v) is 10.9. The van der Waals surface area contributed by atoms with Crippen LogP contribution in [0.1, 0.15) is 23.6 Å². The quantitative estimate of drug-likeness (QED) is 0.794. The Balaban J connectivity index is 1.91. The molecule has 1 saturated heterocycles. The van der Waals surface area contributed by atoms with Gasteiger partial charge in [-0.3, -0.25) is 9.69 Å². The summed E-state index contributed by atoms with van der Waals surface area (Å²) in [5, 5.41) is 10.8. The number of rotatable bonds is 6. The first-order valence-electron chi connectivity index (χ1n) is 9.34. The molecule has 0 amide bonds. The normalized spacial score (nSPS) is 16.5. The molecular weight excluding hydrogens is 383 g/mol. The first kappa shape index (κ1) is 20.7. The van der Waals surface area contributed by atoms with Crippen LogP contribution in [0.3, 0.4) is 0 Å². The van der Waals surface area contributed by atoms with E-state index < -0.39 is 16.0 Å². The van der Waals surface area contributed by atoms with Crippen molar-refractivity contribution in [3.05, 3.63) is 46.8 Å². The number of carboxylic acid groups (broad SMARTS) is 1. The Bertz CT molecular complexity index is 999. The Morgan fingerprint density at radius 3 is 2.46 bits per heavy atom. The summed E-state index contributed by atoms with van der Waals surface area (Å²) in [4.78, 5) is 13.4. The van der Waals surface area contributed by atoms with Gasteiger partial charge in [-0.2, -0.15) is 4.31 Å². The molecule has 8 heteroatoms. The van der Waals surface area contributed by atoms with Gasteiger partial charge in [0.15, 0.2) is 0 Å². The molecule has 1 N–H and O–H groups in total. The van der Waals surface area contributed by atoms with Crippen molar-refractivity contribution in [2.24, 2.45) is 0 Å². The Morgan fingerprint density at radius 1 is 1.18 bits per heavy atom. The van der Waals surface area contributed by atoms with E-state index in [4.69, 9.17) is 0 Å². The van der Waals surface area contributed by atoms with Crippen molar-refractivity contribution in [1.29, 1.82) is 0 Å². The second-order valence-corrected chi connectivity index (χ2v) is 9.41. The molecule has 1 aliphatic heterocycles. The van der Waals surface area contributed by atoms with Crippen molar-refractivity contribution in [1.82, 2.24) is 9.21 Å². The van der Waals surface area contributed by atoms with E-state index in [0.29, 0.717) is 38.3 Å². The van der Waals surface area contributed by atoms with Crippen LogP contribution in [0.5, 0.6) is 0 Å². The number of nitrogens with zero attached hydrogens (tertiary/aromatic N) is 2. The second kappa shape index (κ2) is 8.14. The molecule has 1 fully saturated rings. The minimum Gasteiger partial charge on any atom is -0.481 e. The van der Waals surface area contributed by atoms with Crippen molar-refractivity contribution in [3.8, 4) is 0 Å². The van der Waals surface area contributed by atoms with E-state index in [-0.39, 0.29) is 18.0 Å². The molecule has 2 aromatic carbocycles. The average molecular weight is 408 g/mol. The lowest BCUT2D eigenvalue weighted by Crippen LogP contribution is -2.48. The molecular formula is C20H25FN2O4S. The van der Waals surface area contributed by atoms with Crippen LogP contribution in [-0.2, 0) is 27.8 Å². The highest BCUT2D eigenvalue weighted by Gasteiger charge is 2.26. The largest absolute Gasteiger partial charge is 0.481 e. The highest BCUT2D eigenvalue weighted by Crippen LogP contribution is 2.28. The number of hydrogen-bond donors (Lipinski definition) is 1. The monoisotopic (exact) mass is 408 g/mol. The zero-order valence-electron chi connectivity index (χ0n) is 16.1. The summed E-state index contributed by atoms with van der Waals surface area (Å²) in [5.41, 5.74) is 2.47. The summed E-state index contributed by atoms with van der Waals surface area (Å²) < 4.78 is 39.5. The van der Waals surface area contributed by atoms with Crippen LogP contribution in [0.25, 0.3) is 10.8 Å². The lowest BCUT2D eigenvalue weighted by molar-refractivity contribution is -0.136. The number of aliphatic carboxylic acids is 1. The average Bonchev–Trinajstić information content (AvgIpc) is 2.65. The molecule has 1 aliphatic rings. The third kappa shape index (κ3) is 4.34. The molecule has 2 aromatic rings. The van der Waals surface area contributed by atoms with Crippen molar-refractivity contribution >= 4 is 26.8 Å². The summed E-state index contributed by atoms with van der Waals surface area (Å²) >= 11 is 0. The van der Waals surface area contributed by atoms with Crippen LogP contribution < -0.4 is 0 Å². The van der Waals surface area contributed by atoms with E-state index in [1.165, 1.54) is 16.4 Å². The van der Waals surface area contributed by atoms with Gasteiger partial charge in [-0.05, 0) is 53.4 Å². The molecule has 1 heterocycles. The fraction of sp³-hybridized carbons (Fsp3) is 0.450. The number of sulfonamides is 1. The van der Waals surface area contributed by atoms with Crippen molar-refractivity contribution in [3.63, 3.8) is 0 Å². The fourth-order valence-corrected chi connectivity index (χ4v) is 4.81. The van der Waals surface area contributed by atoms with Crippen molar-refractivity contribution in [2.75, 3.05) is 31.9 Å². The number of carbonyl (C=O) groups is 1. The third-order valence-electron chi connectivity index (χ3n) is 5.42. The molecule has 0 spiro atoms. The molecule has 0 bridgehead atoms. The van der Waals surface area contributed by atoms with Crippen LogP contribution in [0.2, 0.25) is 0 Å². The van der Waals surface area contributed by atoms with Gasteiger partial charge >= 0.3 is 5.97 Å². The topological polar surface area (TPSA) is 77.9 Å². The zero-order chi connectivity index (χ0) is 20.5. The van der Waals surface area contributed by atoms with Crippen LogP contribution in [0.4, 0.5) is 4.39 Å². The lowest BCUT2D eigenvalue weighted by Gasteiger charge is -2.34. The van der Waals surface area contributed by atoms with E-state index in [1.807, 2.05) is 13.0 Å². The Labute approximate surface area is 164 Å². The van der Waals surface area contributed by atoms with E-state index in [1.54, 1.807) is 13.0 Å². The molecule has 0 unspecified atom stereocenters. The van der Waals surface area contributed by atoms with E-state index >= 15 is 0 Å². The number of carboxylic acids is 1. The SMILES string of the molecule is CCS(=O)(=O)N1CCN(Cc2c(C)c(CC(=O)O)cc3ccc(F)cc23)CC1. The molecule has 0 aliphatic carbocycles. The number of fused-ring (bicyclic) bond motifs is 1. The molecule has 28 heavy (non-hydrogen) atoms. The van der Waals surface area contributed by atoms with Crippen LogP contribution in [0, 0.1) is 12.7 Å². The highest BCUT2D eigenvalue weighted by atomic mass is 32.2. The van der Waals surface area contributed by atoms with Crippen molar-refractivity contribution in [2.45, 2.75) is 26.8 Å². The zero-order valence-corrected chi connectivity index (χ0v) is 16.9. The summed E-state index contributed by atoms with van der Waals surface area (Å²) in [6, 6.07) is 6.35. The number of benzene rings is 2. The Hall–Kier alpha value is -2.03. The minimum absolute atomic E-state index is 0.0886. The maximum Gasteiger partial charge on any atom is 0.307 e. The van der Waals surface area contributed by atoms with Gasteiger partial charge in [-0.25, -0.2) is 12.8 Å². The minimum atomic E-state index is -3.19. The summed E-state index contributed by atoms with van der Waals surface area (Å²) in [6.07, 6.45) is -0.0886. The van der Waals surface area contributed by atoms with Gasteiger partial charge in [0.05, 0.1) is 12.2 Å². The van der Waals surface area contributed by atoms with E-state index in [2.05, 4.69) is 4.90 Å². The standard InChI is InChI=1S/C20H25FN2O4S/c1-3-28(26,27)23-8-6-22(7-9-23)13-19-14(2)16(11-20(24)25)10-15-4-5-17(21)12-18(15)19/h4-5,10,12H,3,6-9,11,13H2,1-2H3,(H,24,25). The van der Waals surface area contributed by atoms with Gasteiger partial charge in [0.25, 0.3) is 0 Å². The van der Waals surface area contributed by atoms with Gasteiger partial charge < -0.3 is 5.11 Å². The fourth-order valence-electron chi connectivity index (χ4n) is 3.73. The van der Waals surface area contributed by atoms with Gasteiger partial charge in [0.1, 0.15) is 5.82 Å². The number of hydrogen-bond acceptors (Lipinski definition) is 4.